The van der Waals surface area contributed by atoms with Gasteiger partial charge in [-0.1, -0.05) is 59.6 Å². The summed E-state index contributed by atoms with van der Waals surface area (Å²) >= 11 is 12.5. The smallest absolute Gasteiger partial charge is 0.153 e. The van der Waals surface area contributed by atoms with Gasteiger partial charge < -0.3 is 9.47 Å². The zero-order valence-corrected chi connectivity index (χ0v) is 21.2. The van der Waals surface area contributed by atoms with E-state index in [1.165, 1.54) is 40.6 Å². The third-order valence-corrected chi connectivity index (χ3v) is 7.58. The van der Waals surface area contributed by atoms with Gasteiger partial charge in [0.2, 0.25) is 0 Å². The molecule has 2 aromatic carbocycles. The highest BCUT2D eigenvalue weighted by Crippen LogP contribution is 2.36. The minimum atomic E-state index is 0. The number of fused-ring (bicyclic) bond motifs is 1. The van der Waals surface area contributed by atoms with Crippen molar-refractivity contribution >= 4 is 52.3 Å². The number of halogens is 3. The molecule has 1 fully saturated rings. The van der Waals surface area contributed by atoms with E-state index in [1.807, 2.05) is 18.3 Å². The van der Waals surface area contributed by atoms with Gasteiger partial charge in [-0.25, -0.2) is 4.98 Å². The van der Waals surface area contributed by atoms with Gasteiger partial charge >= 0.3 is 0 Å². The predicted octanol–water partition coefficient (Wildman–Crippen LogP) is 7.81. The van der Waals surface area contributed by atoms with Crippen LogP contribution in [0.2, 0.25) is 10.0 Å². The maximum atomic E-state index is 6.31. The van der Waals surface area contributed by atoms with Crippen LogP contribution >= 0.6 is 35.6 Å². The fourth-order valence-electron chi connectivity index (χ4n) is 4.99. The minimum absolute atomic E-state index is 0. The van der Waals surface area contributed by atoms with Crippen molar-refractivity contribution in [2.75, 3.05) is 18.0 Å². The summed E-state index contributed by atoms with van der Waals surface area (Å²) in [4.78, 5) is 7.38. The van der Waals surface area contributed by atoms with Gasteiger partial charge in [0, 0.05) is 42.8 Å². The van der Waals surface area contributed by atoms with Crippen LogP contribution < -0.4 is 4.90 Å². The largest absolute Gasteiger partial charge is 0.354 e. The van der Waals surface area contributed by atoms with Gasteiger partial charge in [-0.3, -0.25) is 0 Å². The van der Waals surface area contributed by atoms with Crippen LogP contribution in [-0.2, 0) is 6.54 Å². The number of hydrogen-bond acceptors (Lipinski definition) is 2. The maximum Gasteiger partial charge on any atom is 0.153 e. The molecule has 2 aromatic heterocycles. The van der Waals surface area contributed by atoms with Crippen molar-refractivity contribution in [2.24, 2.45) is 0 Å². The number of hydrogen-bond donors (Lipinski definition) is 0. The second kappa shape index (κ2) is 9.97. The first kappa shape index (κ1) is 23.9. The lowest BCUT2D eigenvalue weighted by Crippen LogP contribution is -2.35. The highest BCUT2D eigenvalue weighted by molar-refractivity contribution is 6.42. The van der Waals surface area contributed by atoms with Crippen LogP contribution in [0.25, 0.3) is 10.9 Å². The van der Waals surface area contributed by atoms with E-state index in [0.29, 0.717) is 16.0 Å². The molecule has 1 atom stereocenters. The molecule has 0 radical (unpaired) electrons. The summed E-state index contributed by atoms with van der Waals surface area (Å²) in [5, 5.41) is 2.45. The lowest BCUT2D eigenvalue weighted by atomic mass is 9.90. The van der Waals surface area contributed by atoms with E-state index >= 15 is 0 Å². The molecule has 33 heavy (non-hydrogen) atoms. The Labute approximate surface area is 211 Å². The molecule has 6 heteroatoms. The third kappa shape index (κ3) is 4.59. The summed E-state index contributed by atoms with van der Waals surface area (Å²) in [5.74, 6) is 1.61. The van der Waals surface area contributed by atoms with Crippen LogP contribution in [-0.4, -0.2) is 22.6 Å². The lowest BCUT2D eigenvalue weighted by Gasteiger charge is -2.34. The second-order valence-electron chi connectivity index (χ2n) is 8.77. The summed E-state index contributed by atoms with van der Waals surface area (Å²) in [7, 11) is 0. The molecule has 0 N–H and O–H groups in total. The molecule has 172 valence electrons. The second-order valence-corrected chi connectivity index (χ2v) is 9.59. The first-order valence-corrected chi connectivity index (χ1v) is 12.0. The molecule has 0 spiro atoms. The molecule has 4 aromatic rings. The monoisotopic (exact) mass is 499 g/mol. The van der Waals surface area contributed by atoms with Gasteiger partial charge in [0.05, 0.1) is 15.6 Å². The molecule has 5 rings (SSSR count). The molecule has 3 heterocycles. The molecule has 1 aliphatic heterocycles. The fraction of sp³-hybridized carbons (Fsp3) is 0.296. The van der Waals surface area contributed by atoms with Crippen molar-refractivity contribution < 1.29 is 0 Å². The van der Waals surface area contributed by atoms with Crippen LogP contribution in [0.5, 0.6) is 0 Å². The number of pyridine rings is 1. The summed E-state index contributed by atoms with van der Waals surface area (Å²) < 4.78 is 2.39. The molecule has 1 saturated heterocycles. The van der Waals surface area contributed by atoms with Crippen LogP contribution in [0, 0.1) is 13.8 Å². The van der Waals surface area contributed by atoms with Gasteiger partial charge in [0.25, 0.3) is 0 Å². The molecule has 1 unspecified atom stereocenters. The van der Waals surface area contributed by atoms with E-state index in [9.17, 15) is 0 Å². The highest BCUT2D eigenvalue weighted by Gasteiger charge is 2.25. The van der Waals surface area contributed by atoms with Crippen molar-refractivity contribution in [3.8, 4) is 0 Å². The zero-order chi connectivity index (χ0) is 22.2. The number of benzene rings is 2. The minimum Gasteiger partial charge on any atom is -0.354 e. The van der Waals surface area contributed by atoms with Crippen molar-refractivity contribution in [3.63, 3.8) is 0 Å². The van der Waals surface area contributed by atoms with Crippen molar-refractivity contribution in [1.82, 2.24) is 9.55 Å². The molecule has 3 nitrogen and oxygen atoms in total. The predicted molar refractivity (Wildman–Crippen MR) is 143 cm³/mol. The van der Waals surface area contributed by atoms with Crippen molar-refractivity contribution in [2.45, 2.75) is 39.2 Å². The number of nitrogens with zero attached hydrogens (tertiary/aromatic N) is 3. The summed E-state index contributed by atoms with van der Waals surface area (Å²) in [5.41, 5.74) is 6.33. The third-order valence-electron chi connectivity index (χ3n) is 6.84. The first-order valence-electron chi connectivity index (χ1n) is 11.2. The van der Waals surface area contributed by atoms with Crippen LogP contribution in [0.3, 0.4) is 0 Å². The quantitative estimate of drug-likeness (QED) is 0.285. The molecule has 0 amide bonds. The first-order chi connectivity index (χ1) is 15.5. The van der Waals surface area contributed by atoms with Gasteiger partial charge in [0.1, 0.15) is 0 Å². The average Bonchev–Trinajstić information content (AvgIpc) is 3.07. The molecular weight excluding hydrogens is 473 g/mol. The Morgan fingerprint density at radius 1 is 1.00 bits per heavy atom. The maximum absolute atomic E-state index is 6.31. The number of aryl methyl sites for hydroxylation is 1. The summed E-state index contributed by atoms with van der Waals surface area (Å²) in [6.07, 6.45) is 4.35. The summed E-state index contributed by atoms with van der Waals surface area (Å²) in [6.45, 7) is 7.16. The van der Waals surface area contributed by atoms with E-state index in [-0.39, 0.29) is 12.4 Å². The standard InChI is InChI=1S/C27H27Cl2N3.ClH/c1-18-19(2)32(16-20-10-11-24(28)25(29)15-20)26-23(18)12-13-30-27(26)31-14-6-9-22(17-31)21-7-4-3-5-8-21;/h3-5,7-8,10-13,15,22H,6,9,14,16-17H2,1-2H3;1H. The van der Waals surface area contributed by atoms with E-state index in [2.05, 4.69) is 65.8 Å². The van der Waals surface area contributed by atoms with E-state index in [1.54, 1.807) is 0 Å². The van der Waals surface area contributed by atoms with Gasteiger partial charge in [-0.15, -0.1) is 12.4 Å². The van der Waals surface area contributed by atoms with Gasteiger partial charge in [-0.2, -0.15) is 0 Å². The zero-order valence-electron chi connectivity index (χ0n) is 18.9. The van der Waals surface area contributed by atoms with Crippen LogP contribution in [0.15, 0.2) is 60.8 Å². The Morgan fingerprint density at radius 2 is 1.79 bits per heavy atom. The Morgan fingerprint density at radius 3 is 2.55 bits per heavy atom. The normalized spacial score (nSPS) is 16.1. The van der Waals surface area contributed by atoms with E-state index in [4.69, 9.17) is 28.2 Å². The Hall–Kier alpha value is -2.20. The topological polar surface area (TPSA) is 21.1 Å². The Bertz CT molecular complexity index is 1270. The summed E-state index contributed by atoms with van der Waals surface area (Å²) in [6, 6.07) is 18.9. The number of aromatic nitrogens is 2. The molecule has 1 aliphatic rings. The molecular formula is C27H28Cl3N3. The number of rotatable bonds is 4. The van der Waals surface area contributed by atoms with E-state index < -0.39 is 0 Å². The average molecular weight is 501 g/mol. The highest BCUT2D eigenvalue weighted by atomic mass is 35.5. The van der Waals surface area contributed by atoms with Crippen molar-refractivity contribution in [3.05, 3.63) is 93.2 Å². The van der Waals surface area contributed by atoms with Gasteiger partial charge in [0.15, 0.2) is 5.82 Å². The van der Waals surface area contributed by atoms with Crippen molar-refractivity contribution in [1.29, 1.82) is 0 Å². The molecule has 0 aliphatic carbocycles. The van der Waals surface area contributed by atoms with Crippen LogP contribution in [0.4, 0.5) is 5.82 Å². The Balaban J connectivity index is 0.00000259. The van der Waals surface area contributed by atoms with Gasteiger partial charge in [-0.05, 0) is 61.6 Å². The van der Waals surface area contributed by atoms with E-state index in [0.717, 1.165) is 31.0 Å². The van der Waals surface area contributed by atoms with Crippen LogP contribution in [0.1, 0.15) is 41.1 Å². The lowest BCUT2D eigenvalue weighted by molar-refractivity contribution is 0.507. The Kier molecular flexibility index (Phi) is 7.23. The molecule has 0 saturated carbocycles. The fourth-order valence-corrected chi connectivity index (χ4v) is 5.31. The number of anilines is 1. The molecule has 0 bridgehead atoms. The SMILES string of the molecule is Cc1c(C)n(Cc2ccc(Cl)c(Cl)c2)c2c(N3CCCC(c4ccccc4)C3)nccc12.Cl. The number of piperidine rings is 1.